The largest absolute Gasteiger partial charge is 0.497 e. The highest BCUT2D eigenvalue weighted by Gasteiger charge is 2.43. The first kappa shape index (κ1) is 18.7. The van der Waals surface area contributed by atoms with E-state index in [0.29, 0.717) is 22.8 Å². The summed E-state index contributed by atoms with van der Waals surface area (Å²) in [6, 6.07) is 22.4. The smallest absolute Gasteiger partial charge is 0.251 e. The minimum Gasteiger partial charge on any atom is -0.497 e. The SMILES string of the molecule is COc1ccc(C(=O)[C@H]2Oc3ccccc3[C@@H]3CC(c4ccc(Cl)cc4)=NN23)cc1. The van der Waals surface area contributed by atoms with Crippen molar-refractivity contribution in [2.75, 3.05) is 7.11 Å². The number of carbonyl (C=O) groups excluding carboxylic acids is 1. The average Bonchev–Trinajstić information content (AvgIpc) is 3.24. The lowest BCUT2D eigenvalue weighted by Crippen LogP contribution is -2.45. The first-order valence-electron chi connectivity index (χ1n) is 9.69. The van der Waals surface area contributed by atoms with E-state index < -0.39 is 6.23 Å². The van der Waals surface area contributed by atoms with Crippen LogP contribution in [-0.2, 0) is 0 Å². The molecule has 30 heavy (non-hydrogen) atoms. The van der Waals surface area contributed by atoms with Crippen LogP contribution < -0.4 is 9.47 Å². The number of hydrogen-bond donors (Lipinski definition) is 0. The van der Waals surface area contributed by atoms with Gasteiger partial charge >= 0.3 is 0 Å². The highest BCUT2D eigenvalue weighted by Crippen LogP contribution is 2.43. The van der Waals surface area contributed by atoms with Crippen molar-refractivity contribution in [2.45, 2.75) is 18.7 Å². The van der Waals surface area contributed by atoms with E-state index in [2.05, 4.69) is 0 Å². The fourth-order valence-corrected chi connectivity index (χ4v) is 4.05. The molecule has 2 aliphatic heterocycles. The first-order valence-corrected chi connectivity index (χ1v) is 10.1. The maximum absolute atomic E-state index is 13.3. The predicted octanol–water partition coefficient (Wildman–Crippen LogP) is 5.10. The number of nitrogens with zero attached hydrogens (tertiary/aromatic N) is 2. The van der Waals surface area contributed by atoms with Crippen LogP contribution in [0.2, 0.25) is 5.02 Å². The second-order valence-electron chi connectivity index (χ2n) is 7.25. The zero-order valence-electron chi connectivity index (χ0n) is 16.3. The fourth-order valence-electron chi connectivity index (χ4n) is 3.92. The molecule has 2 atom stereocenters. The quantitative estimate of drug-likeness (QED) is 0.553. The molecule has 0 bridgehead atoms. The number of methoxy groups -OCH3 is 1. The Balaban J connectivity index is 1.53. The Morgan fingerprint density at radius 1 is 1.07 bits per heavy atom. The van der Waals surface area contributed by atoms with E-state index in [1.807, 2.05) is 48.5 Å². The standard InChI is InChI=1S/C24H19ClN2O3/c1-29-18-12-8-16(9-13-18)23(28)24-27-21(19-4-2-3-5-22(19)30-24)14-20(26-27)15-6-10-17(25)11-7-15/h2-13,21,24H,14H2,1H3/t21-,24+/m0/s1. The van der Waals surface area contributed by atoms with Crippen LogP contribution in [0.4, 0.5) is 0 Å². The molecule has 150 valence electrons. The van der Waals surface area contributed by atoms with Gasteiger partial charge in [-0.2, -0.15) is 5.10 Å². The molecule has 0 amide bonds. The Morgan fingerprint density at radius 3 is 2.53 bits per heavy atom. The van der Waals surface area contributed by atoms with Crippen LogP contribution in [0.5, 0.6) is 11.5 Å². The van der Waals surface area contributed by atoms with E-state index in [4.69, 9.17) is 26.2 Å². The Labute approximate surface area is 179 Å². The molecule has 6 heteroatoms. The topological polar surface area (TPSA) is 51.1 Å². The molecule has 3 aromatic rings. The Bertz CT molecular complexity index is 1130. The molecule has 0 fully saturated rings. The number of carbonyl (C=O) groups is 1. The van der Waals surface area contributed by atoms with Crippen molar-refractivity contribution < 1.29 is 14.3 Å². The summed E-state index contributed by atoms with van der Waals surface area (Å²) in [6.45, 7) is 0. The van der Waals surface area contributed by atoms with Crippen molar-refractivity contribution in [2.24, 2.45) is 5.10 Å². The lowest BCUT2D eigenvalue weighted by Gasteiger charge is -2.37. The summed E-state index contributed by atoms with van der Waals surface area (Å²) in [5, 5.41) is 7.27. The summed E-state index contributed by atoms with van der Waals surface area (Å²) < 4.78 is 11.3. The van der Waals surface area contributed by atoms with Gasteiger partial charge in [-0.1, -0.05) is 41.9 Å². The third kappa shape index (κ3) is 3.21. The minimum absolute atomic E-state index is 0.0622. The molecule has 0 saturated carbocycles. The van der Waals surface area contributed by atoms with Crippen LogP contribution in [-0.4, -0.2) is 29.8 Å². The summed E-state index contributed by atoms with van der Waals surface area (Å²) >= 11 is 6.04. The number of hydrazone groups is 1. The van der Waals surface area contributed by atoms with Crippen molar-refractivity contribution in [1.82, 2.24) is 5.01 Å². The summed E-state index contributed by atoms with van der Waals surface area (Å²) in [4.78, 5) is 13.3. The van der Waals surface area contributed by atoms with E-state index in [1.165, 1.54) is 0 Å². The molecular formula is C24H19ClN2O3. The molecule has 5 rings (SSSR count). The second kappa shape index (κ2) is 7.50. The molecule has 2 heterocycles. The van der Waals surface area contributed by atoms with E-state index >= 15 is 0 Å². The minimum atomic E-state index is -0.830. The van der Waals surface area contributed by atoms with Gasteiger partial charge < -0.3 is 9.47 Å². The lowest BCUT2D eigenvalue weighted by molar-refractivity contribution is -0.00455. The number of halogens is 1. The van der Waals surface area contributed by atoms with E-state index in [1.54, 1.807) is 36.4 Å². The van der Waals surface area contributed by atoms with Crippen molar-refractivity contribution in [3.05, 3.63) is 94.5 Å². The highest BCUT2D eigenvalue weighted by molar-refractivity contribution is 6.30. The monoisotopic (exact) mass is 418 g/mol. The summed E-state index contributed by atoms with van der Waals surface area (Å²) in [6.07, 6.45) is -0.142. The number of para-hydroxylation sites is 1. The van der Waals surface area contributed by atoms with Gasteiger partial charge in [0.1, 0.15) is 11.5 Å². The molecule has 3 aromatic carbocycles. The van der Waals surface area contributed by atoms with Crippen LogP contribution in [0, 0.1) is 0 Å². The van der Waals surface area contributed by atoms with E-state index in [0.717, 1.165) is 22.6 Å². The number of benzene rings is 3. The highest BCUT2D eigenvalue weighted by atomic mass is 35.5. The molecule has 0 N–H and O–H groups in total. The average molecular weight is 419 g/mol. The Hall–Kier alpha value is -3.31. The zero-order valence-corrected chi connectivity index (χ0v) is 17.0. The third-order valence-electron chi connectivity index (χ3n) is 5.48. The van der Waals surface area contributed by atoms with Gasteiger partial charge in [-0.25, -0.2) is 5.01 Å². The Morgan fingerprint density at radius 2 is 1.80 bits per heavy atom. The van der Waals surface area contributed by atoms with Gasteiger partial charge in [-0.05, 0) is 48.0 Å². The summed E-state index contributed by atoms with van der Waals surface area (Å²) in [7, 11) is 1.60. The number of ether oxygens (including phenoxy) is 2. The second-order valence-corrected chi connectivity index (χ2v) is 7.69. The molecular weight excluding hydrogens is 400 g/mol. The molecule has 0 unspecified atom stereocenters. The van der Waals surface area contributed by atoms with Gasteiger partial charge in [-0.15, -0.1) is 0 Å². The van der Waals surface area contributed by atoms with Gasteiger partial charge in [0.2, 0.25) is 5.78 Å². The van der Waals surface area contributed by atoms with Gasteiger partial charge in [0, 0.05) is 22.6 Å². The van der Waals surface area contributed by atoms with E-state index in [9.17, 15) is 4.79 Å². The summed E-state index contributed by atoms with van der Waals surface area (Å²) in [5.41, 5.74) is 3.48. The molecule has 0 saturated heterocycles. The molecule has 2 aliphatic rings. The van der Waals surface area contributed by atoms with Crippen molar-refractivity contribution in [1.29, 1.82) is 0 Å². The van der Waals surface area contributed by atoms with Gasteiger partial charge in [0.25, 0.3) is 6.23 Å². The van der Waals surface area contributed by atoms with Crippen LogP contribution in [0.15, 0.2) is 77.9 Å². The molecule has 0 aliphatic carbocycles. The van der Waals surface area contributed by atoms with Crippen molar-refractivity contribution in [3.63, 3.8) is 0 Å². The van der Waals surface area contributed by atoms with Gasteiger partial charge in [-0.3, -0.25) is 4.79 Å². The van der Waals surface area contributed by atoms with E-state index in [-0.39, 0.29) is 11.8 Å². The predicted molar refractivity (Wildman–Crippen MR) is 115 cm³/mol. The normalized spacial score (nSPS) is 19.4. The fraction of sp³-hybridized carbons (Fsp3) is 0.167. The molecule has 5 nitrogen and oxygen atoms in total. The Kier molecular flexibility index (Phi) is 4.68. The number of hydrogen-bond acceptors (Lipinski definition) is 5. The van der Waals surface area contributed by atoms with Crippen LogP contribution in [0.3, 0.4) is 0 Å². The maximum Gasteiger partial charge on any atom is 0.251 e. The molecule has 0 spiro atoms. The van der Waals surface area contributed by atoms with Crippen LogP contribution in [0.1, 0.15) is 33.9 Å². The third-order valence-corrected chi connectivity index (χ3v) is 5.73. The van der Waals surface area contributed by atoms with Crippen LogP contribution in [0.25, 0.3) is 0 Å². The van der Waals surface area contributed by atoms with Gasteiger partial charge in [0.15, 0.2) is 0 Å². The van der Waals surface area contributed by atoms with Crippen molar-refractivity contribution >= 4 is 23.1 Å². The van der Waals surface area contributed by atoms with Crippen molar-refractivity contribution in [3.8, 4) is 11.5 Å². The maximum atomic E-state index is 13.3. The summed E-state index contributed by atoms with van der Waals surface area (Å²) in [5.74, 6) is 1.28. The van der Waals surface area contributed by atoms with Gasteiger partial charge in [0.05, 0.1) is 18.9 Å². The number of rotatable bonds is 4. The van der Waals surface area contributed by atoms with Crippen LogP contribution >= 0.6 is 11.6 Å². The first-order chi connectivity index (χ1) is 14.6. The lowest BCUT2D eigenvalue weighted by atomic mass is 9.96. The zero-order chi connectivity index (χ0) is 20.7. The number of fused-ring (bicyclic) bond motifs is 3. The molecule has 0 aromatic heterocycles. The number of ketones is 1. The number of Topliss-reactive ketones (excluding diaryl/α,β-unsaturated/α-hetero) is 1. The molecule has 0 radical (unpaired) electrons.